The quantitative estimate of drug-likeness (QED) is 0.470. The highest BCUT2D eigenvalue weighted by Crippen LogP contribution is 2.48. The zero-order valence-electron chi connectivity index (χ0n) is 23.4. The van der Waals surface area contributed by atoms with Crippen molar-refractivity contribution in [2.75, 3.05) is 7.11 Å². The van der Waals surface area contributed by atoms with E-state index in [0.29, 0.717) is 6.54 Å². The Morgan fingerprint density at radius 3 is 2.53 bits per heavy atom. The maximum absolute atomic E-state index is 13.3. The summed E-state index contributed by atoms with van der Waals surface area (Å²) >= 11 is 0. The van der Waals surface area contributed by atoms with Gasteiger partial charge in [-0.15, -0.1) is 0 Å². The summed E-state index contributed by atoms with van der Waals surface area (Å²) in [6.45, 7) is 12.9. The van der Waals surface area contributed by atoms with Gasteiger partial charge in [-0.3, -0.25) is 14.8 Å². The minimum absolute atomic E-state index is 0.0291. The molecular weight excluding hydrogens is 474 g/mol. The summed E-state index contributed by atoms with van der Waals surface area (Å²) in [5.41, 5.74) is 6.10. The molecule has 0 fully saturated rings. The lowest BCUT2D eigenvalue weighted by atomic mass is 9.79. The molecule has 0 unspecified atom stereocenters. The van der Waals surface area contributed by atoms with Gasteiger partial charge in [0.15, 0.2) is 11.5 Å². The Hall–Kier alpha value is -3.67. The third-order valence-corrected chi connectivity index (χ3v) is 7.53. The van der Waals surface area contributed by atoms with Crippen LogP contribution in [0.3, 0.4) is 0 Å². The maximum atomic E-state index is 13.3. The number of amides is 1. The molecule has 1 N–H and O–H groups in total. The van der Waals surface area contributed by atoms with Crippen LogP contribution in [-0.2, 0) is 29.6 Å². The van der Waals surface area contributed by atoms with Crippen LogP contribution in [0, 0.1) is 0 Å². The SMILES string of the molecule is COc1cc2c(c3c1OC(C)(C)C3)C(c1cccc(C(C)(C)C(=O)NCc3ccncc3)c1)=NC(C)(C)C2. The molecule has 198 valence electrons. The molecule has 2 aromatic carbocycles. The van der Waals surface area contributed by atoms with Gasteiger partial charge in [0, 0.05) is 42.0 Å². The molecule has 2 aliphatic rings. The number of fused-ring (bicyclic) bond motifs is 3. The van der Waals surface area contributed by atoms with E-state index in [4.69, 9.17) is 14.5 Å². The molecule has 0 saturated heterocycles. The van der Waals surface area contributed by atoms with Crippen molar-refractivity contribution in [3.8, 4) is 11.5 Å². The van der Waals surface area contributed by atoms with Gasteiger partial charge in [0.05, 0.1) is 23.8 Å². The van der Waals surface area contributed by atoms with E-state index in [0.717, 1.165) is 57.9 Å². The zero-order valence-corrected chi connectivity index (χ0v) is 23.4. The molecule has 1 aromatic heterocycles. The molecular formula is C32H37N3O3. The highest BCUT2D eigenvalue weighted by Gasteiger charge is 2.40. The Kier molecular flexibility index (Phi) is 6.33. The van der Waals surface area contributed by atoms with Gasteiger partial charge in [-0.05, 0) is 88.9 Å². The maximum Gasteiger partial charge on any atom is 0.230 e. The second-order valence-corrected chi connectivity index (χ2v) is 12.2. The molecule has 6 heteroatoms. The fourth-order valence-corrected chi connectivity index (χ4v) is 5.52. The molecule has 0 bridgehead atoms. The van der Waals surface area contributed by atoms with E-state index in [2.05, 4.69) is 56.2 Å². The Balaban J connectivity index is 1.54. The van der Waals surface area contributed by atoms with E-state index in [-0.39, 0.29) is 17.0 Å². The van der Waals surface area contributed by atoms with Crippen molar-refractivity contribution in [1.29, 1.82) is 0 Å². The molecule has 3 heterocycles. The van der Waals surface area contributed by atoms with E-state index in [1.807, 2.05) is 38.1 Å². The van der Waals surface area contributed by atoms with Gasteiger partial charge in [0.2, 0.25) is 5.91 Å². The molecule has 0 spiro atoms. The number of ether oxygens (including phenoxy) is 2. The number of carbonyl (C=O) groups excluding carboxylic acids is 1. The third kappa shape index (κ3) is 4.80. The van der Waals surface area contributed by atoms with Crippen molar-refractivity contribution in [2.45, 2.75) is 77.5 Å². The molecule has 0 radical (unpaired) electrons. The average molecular weight is 512 g/mol. The monoisotopic (exact) mass is 511 g/mol. The van der Waals surface area contributed by atoms with Gasteiger partial charge in [-0.1, -0.05) is 18.2 Å². The van der Waals surface area contributed by atoms with Gasteiger partial charge in [-0.2, -0.15) is 0 Å². The number of hydrogen-bond acceptors (Lipinski definition) is 5. The molecule has 0 atom stereocenters. The van der Waals surface area contributed by atoms with Gasteiger partial charge in [0.25, 0.3) is 0 Å². The number of methoxy groups -OCH3 is 1. The summed E-state index contributed by atoms with van der Waals surface area (Å²) in [7, 11) is 1.70. The summed E-state index contributed by atoms with van der Waals surface area (Å²) in [5, 5.41) is 3.09. The average Bonchev–Trinajstić information content (AvgIpc) is 3.21. The van der Waals surface area contributed by atoms with Crippen LogP contribution in [0.1, 0.15) is 74.9 Å². The lowest BCUT2D eigenvalue weighted by molar-refractivity contribution is -0.125. The Morgan fingerprint density at radius 2 is 1.82 bits per heavy atom. The zero-order chi connectivity index (χ0) is 27.3. The van der Waals surface area contributed by atoms with E-state index >= 15 is 0 Å². The first kappa shape index (κ1) is 26.0. The fourth-order valence-electron chi connectivity index (χ4n) is 5.52. The van der Waals surface area contributed by atoms with Crippen LogP contribution in [0.15, 0.2) is 59.9 Å². The van der Waals surface area contributed by atoms with Gasteiger partial charge >= 0.3 is 0 Å². The minimum atomic E-state index is -0.733. The number of nitrogens with zero attached hydrogens (tertiary/aromatic N) is 2. The molecule has 38 heavy (non-hydrogen) atoms. The number of carbonyl (C=O) groups is 1. The van der Waals surface area contributed by atoms with Crippen LogP contribution in [0.4, 0.5) is 0 Å². The van der Waals surface area contributed by atoms with Crippen LogP contribution in [-0.4, -0.2) is 34.9 Å². The number of aromatic nitrogens is 1. The van der Waals surface area contributed by atoms with E-state index in [1.54, 1.807) is 19.5 Å². The summed E-state index contributed by atoms with van der Waals surface area (Å²) in [4.78, 5) is 22.6. The number of nitrogens with one attached hydrogen (secondary N) is 1. The highest BCUT2D eigenvalue weighted by molar-refractivity contribution is 6.16. The first-order valence-electron chi connectivity index (χ1n) is 13.2. The largest absolute Gasteiger partial charge is 0.493 e. The summed E-state index contributed by atoms with van der Waals surface area (Å²) < 4.78 is 12.1. The van der Waals surface area contributed by atoms with E-state index < -0.39 is 5.41 Å². The van der Waals surface area contributed by atoms with Crippen LogP contribution in [0.25, 0.3) is 0 Å². The Morgan fingerprint density at radius 1 is 1.08 bits per heavy atom. The van der Waals surface area contributed by atoms with Crippen LogP contribution in [0.5, 0.6) is 11.5 Å². The summed E-state index contributed by atoms with van der Waals surface area (Å²) in [5.74, 6) is 1.57. The van der Waals surface area contributed by atoms with Crippen molar-refractivity contribution in [2.24, 2.45) is 4.99 Å². The topological polar surface area (TPSA) is 72.8 Å². The van der Waals surface area contributed by atoms with Crippen LogP contribution in [0.2, 0.25) is 0 Å². The Labute approximate surface area is 225 Å². The predicted octanol–water partition coefficient (Wildman–Crippen LogP) is 5.57. The molecule has 1 amide bonds. The molecule has 0 saturated carbocycles. The minimum Gasteiger partial charge on any atom is -0.493 e. The first-order chi connectivity index (χ1) is 17.9. The predicted molar refractivity (Wildman–Crippen MR) is 150 cm³/mol. The first-order valence-corrected chi connectivity index (χ1v) is 13.2. The van der Waals surface area contributed by atoms with Gasteiger partial charge in [0.1, 0.15) is 5.60 Å². The summed E-state index contributed by atoms with van der Waals surface area (Å²) in [6, 6.07) is 14.2. The van der Waals surface area contributed by atoms with Crippen molar-refractivity contribution in [3.63, 3.8) is 0 Å². The van der Waals surface area contributed by atoms with Crippen LogP contribution >= 0.6 is 0 Å². The van der Waals surface area contributed by atoms with Gasteiger partial charge < -0.3 is 14.8 Å². The van der Waals surface area contributed by atoms with E-state index in [1.165, 1.54) is 5.56 Å². The van der Waals surface area contributed by atoms with Gasteiger partial charge in [-0.25, -0.2) is 0 Å². The lowest BCUT2D eigenvalue weighted by Gasteiger charge is -2.31. The normalized spacial score (nSPS) is 17.1. The molecule has 3 aromatic rings. The Bertz CT molecular complexity index is 1420. The highest BCUT2D eigenvalue weighted by atomic mass is 16.5. The number of rotatable bonds is 6. The second kappa shape index (κ2) is 9.26. The van der Waals surface area contributed by atoms with Crippen molar-refractivity contribution in [1.82, 2.24) is 10.3 Å². The van der Waals surface area contributed by atoms with Crippen LogP contribution < -0.4 is 14.8 Å². The summed E-state index contributed by atoms with van der Waals surface area (Å²) in [6.07, 6.45) is 5.07. The molecule has 2 aliphatic heterocycles. The third-order valence-electron chi connectivity index (χ3n) is 7.53. The smallest absolute Gasteiger partial charge is 0.230 e. The fraction of sp³-hybridized carbons (Fsp3) is 0.406. The number of hydrogen-bond donors (Lipinski definition) is 1. The van der Waals surface area contributed by atoms with E-state index in [9.17, 15) is 4.79 Å². The standard InChI is InChI=1S/C32H37N3O3/c1-30(2)17-22-16-25(37-7)28-24(18-31(3,4)38-28)26(22)27(35-30)21-9-8-10-23(15-21)32(5,6)29(36)34-19-20-11-13-33-14-12-20/h8-16H,17-19H2,1-7H3,(H,34,36). The second-order valence-electron chi connectivity index (χ2n) is 12.2. The lowest BCUT2D eigenvalue weighted by Crippen LogP contribution is -2.39. The molecule has 6 nitrogen and oxygen atoms in total. The number of aliphatic imine (C=N–C) groups is 1. The van der Waals surface area contributed by atoms with Crippen molar-refractivity contribution < 1.29 is 14.3 Å². The van der Waals surface area contributed by atoms with Crippen molar-refractivity contribution in [3.05, 3.63) is 88.2 Å². The molecule has 5 rings (SSSR count). The van der Waals surface area contributed by atoms with Crippen molar-refractivity contribution >= 4 is 11.6 Å². The number of benzene rings is 2. The molecule has 0 aliphatic carbocycles. The number of pyridine rings is 1.